The maximum Gasteiger partial charge on any atom is 0.229 e. The topological polar surface area (TPSA) is 135 Å². The molecule has 2 aromatic carbocycles. The highest BCUT2D eigenvalue weighted by Gasteiger charge is 2.30. The Morgan fingerprint density at radius 2 is 1.91 bits per heavy atom. The third-order valence-corrected chi connectivity index (χ3v) is 10.8. The lowest BCUT2D eigenvalue weighted by Gasteiger charge is -2.37. The summed E-state index contributed by atoms with van der Waals surface area (Å²) in [5.41, 5.74) is 7.22. The lowest BCUT2D eigenvalue weighted by molar-refractivity contribution is 0.414. The largest absolute Gasteiger partial charge is 0.494 e. The van der Waals surface area contributed by atoms with Crippen LogP contribution < -0.4 is 30.9 Å². The number of aryl methyl sites for hydroxylation is 1. The molecule has 3 aromatic heterocycles. The first-order chi connectivity index (χ1) is 22.2. The Kier molecular flexibility index (Phi) is 8.16. The normalized spacial score (nSPS) is 16.5. The molecule has 0 saturated carbocycles. The highest BCUT2D eigenvalue weighted by Crippen LogP contribution is 2.45. The number of methoxy groups -OCH3 is 1. The van der Waals surface area contributed by atoms with Gasteiger partial charge in [0.15, 0.2) is 0 Å². The van der Waals surface area contributed by atoms with Crippen LogP contribution in [0, 0.1) is 0 Å². The number of anilines is 5. The second kappa shape index (κ2) is 12.3. The van der Waals surface area contributed by atoms with Crippen molar-refractivity contribution in [1.29, 1.82) is 0 Å². The summed E-state index contributed by atoms with van der Waals surface area (Å²) in [6.45, 7) is 6.37. The van der Waals surface area contributed by atoms with Gasteiger partial charge in [0.1, 0.15) is 24.2 Å². The molecule has 5 heterocycles. The molecule has 46 heavy (non-hydrogen) atoms. The van der Waals surface area contributed by atoms with E-state index >= 15 is 0 Å². The second-order valence-corrected chi connectivity index (χ2v) is 16.0. The Bertz CT molecular complexity index is 1990. The van der Waals surface area contributed by atoms with E-state index in [9.17, 15) is 4.57 Å². The minimum Gasteiger partial charge on any atom is -0.494 e. The van der Waals surface area contributed by atoms with Crippen LogP contribution >= 0.6 is 23.1 Å². The van der Waals surface area contributed by atoms with E-state index in [2.05, 4.69) is 69.0 Å². The first-order valence-electron chi connectivity index (χ1n) is 15.3. The van der Waals surface area contributed by atoms with Crippen molar-refractivity contribution < 1.29 is 9.30 Å². The van der Waals surface area contributed by atoms with E-state index < -0.39 is 7.14 Å². The molecule has 7 rings (SSSR count). The standard InChI is InChI=1S/C32H36BrN10O2P/c1-42-26-9-13-43(19-6-5-10-34-16-19)27-15-28(45-2)25(14-20(27)21(26)17-38-42)40-32-37-18-22(33)31(41-32)39-24-8-7-23-29(36-12-11-35-23)30(24)46(3,4)44/h7-8,11-12,14-15,17-19,34H,5-6,9-10,13,16H2,1-4H3,(H2,37,39,40,41)/t19-/m0/s1. The molecular formula is C32H36BrN10O2P. The maximum atomic E-state index is 13.5. The number of benzene rings is 2. The monoisotopic (exact) mass is 702 g/mol. The number of rotatable bonds is 7. The van der Waals surface area contributed by atoms with E-state index in [4.69, 9.17) is 9.72 Å². The van der Waals surface area contributed by atoms with Crippen LogP contribution in [0.5, 0.6) is 5.75 Å². The summed E-state index contributed by atoms with van der Waals surface area (Å²) < 4.78 is 22.0. The molecule has 0 radical (unpaired) electrons. The smallest absolute Gasteiger partial charge is 0.229 e. The zero-order chi connectivity index (χ0) is 32.0. The number of ether oxygens (including phenoxy) is 1. The fraction of sp³-hybridized carbons (Fsp3) is 0.344. The van der Waals surface area contributed by atoms with Crippen LogP contribution in [-0.2, 0) is 18.0 Å². The van der Waals surface area contributed by atoms with Crippen LogP contribution in [-0.4, -0.2) is 75.8 Å². The number of hydrogen-bond acceptors (Lipinski definition) is 11. The molecule has 2 aliphatic rings. The highest BCUT2D eigenvalue weighted by atomic mass is 79.9. The molecule has 3 N–H and O–H groups in total. The van der Waals surface area contributed by atoms with Crippen molar-refractivity contribution in [1.82, 2.24) is 35.0 Å². The summed E-state index contributed by atoms with van der Waals surface area (Å²) in [6.07, 6.45) is 10.1. The fourth-order valence-corrected chi connectivity index (χ4v) is 8.21. The number of halogens is 1. The summed E-state index contributed by atoms with van der Waals surface area (Å²) in [4.78, 5) is 20.8. The van der Waals surface area contributed by atoms with Crippen molar-refractivity contribution in [3.05, 3.63) is 59.2 Å². The number of aromatic nitrogens is 6. The first-order valence-corrected chi connectivity index (χ1v) is 18.7. The third kappa shape index (κ3) is 5.72. The molecular weight excluding hydrogens is 667 g/mol. The molecule has 1 fully saturated rings. The summed E-state index contributed by atoms with van der Waals surface area (Å²) >= 11 is 3.59. The van der Waals surface area contributed by atoms with Gasteiger partial charge in [0.25, 0.3) is 0 Å². The lowest BCUT2D eigenvalue weighted by atomic mass is 10.0. The first kappa shape index (κ1) is 30.6. The van der Waals surface area contributed by atoms with E-state index in [-0.39, 0.29) is 0 Å². The maximum absolute atomic E-state index is 13.5. The van der Waals surface area contributed by atoms with Gasteiger partial charge in [-0.1, -0.05) is 0 Å². The summed E-state index contributed by atoms with van der Waals surface area (Å²) in [5.74, 6) is 1.57. The molecule has 12 nitrogen and oxygen atoms in total. The van der Waals surface area contributed by atoms with Gasteiger partial charge in [-0.15, -0.1) is 0 Å². The Balaban J connectivity index is 1.27. The zero-order valence-corrected chi connectivity index (χ0v) is 28.7. The van der Waals surface area contributed by atoms with Crippen LogP contribution in [0.1, 0.15) is 18.5 Å². The van der Waals surface area contributed by atoms with Crippen molar-refractivity contribution in [3.8, 4) is 16.9 Å². The number of nitrogens with one attached hydrogen (secondary N) is 3. The van der Waals surface area contributed by atoms with E-state index in [1.165, 1.54) is 5.69 Å². The Morgan fingerprint density at radius 3 is 2.70 bits per heavy atom. The summed E-state index contributed by atoms with van der Waals surface area (Å²) in [6, 6.07) is 8.36. The van der Waals surface area contributed by atoms with Crippen molar-refractivity contribution in [3.63, 3.8) is 0 Å². The van der Waals surface area contributed by atoms with Gasteiger partial charge in [0.05, 0.1) is 40.0 Å². The van der Waals surface area contributed by atoms with E-state index in [0.717, 1.165) is 61.4 Å². The Labute approximate surface area is 275 Å². The van der Waals surface area contributed by atoms with Crippen LogP contribution in [0.15, 0.2) is 53.5 Å². The molecule has 1 atom stereocenters. The highest BCUT2D eigenvalue weighted by molar-refractivity contribution is 9.10. The molecule has 0 amide bonds. The van der Waals surface area contributed by atoms with Gasteiger partial charge >= 0.3 is 0 Å². The van der Waals surface area contributed by atoms with Gasteiger partial charge in [-0.25, -0.2) is 4.98 Å². The van der Waals surface area contributed by atoms with E-state index in [1.54, 1.807) is 39.0 Å². The minimum absolute atomic E-state index is 0.371. The Hall–Kier alpha value is -4.06. The van der Waals surface area contributed by atoms with Crippen LogP contribution in [0.2, 0.25) is 0 Å². The predicted molar refractivity (Wildman–Crippen MR) is 187 cm³/mol. The average molecular weight is 704 g/mol. The average Bonchev–Trinajstić information content (AvgIpc) is 3.33. The molecule has 0 aliphatic carbocycles. The summed E-state index contributed by atoms with van der Waals surface area (Å²) in [5, 5.41) is 15.6. The van der Waals surface area contributed by atoms with Crippen LogP contribution in [0.4, 0.5) is 28.8 Å². The number of piperidine rings is 1. The third-order valence-electron chi connectivity index (χ3n) is 8.68. The van der Waals surface area contributed by atoms with Crippen molar-refractivity contribution in [2.75, 3.05) is 55.6 Å². The minimum atomic E-state index is -2.76. The van der Waals surface area contributed by atoms with Gasteiger partial charge in [0, 0.05) is 79.8 Å². The van der Waals surface area contributed by atoms with Crippen molar-refractivity contribution in [2.24, 2.45) is 7.05 Å². The van der Waals surface area contributed by atoms with Gasteiger partial charge in [-0.05, 0) is 66.8 Å². The van der Waals surface area contributed by atoms with Crippen molar-refractivity contribution >= 4 is 68.2 Å². The molecule has 0 spiro atoms. The zero-order valence-electron chi connectivity index (χ0n) is 26.2. The number of hydrogen-bond donors (Lipinski definition) is 3. The predicted octanol–water partition coefficient (Wildman–Crippen LogP) is 5.44. The molecule has 5 aromatic rings. The van der Waals surface area contributed by atoms with Crippen LogP contribution in [0.25, 0.3) is 22.2 Å². The van der Waals surface area contributed by atoms with Gasteiger partial charge in [-0.3, -0.25) is 14.6 Å². The quantitative estimate of drug-likeness (QED) is 0.187. The molecule has 14 heteroatoms. The molecule has 2 aliphatic heterocycles. The lowest BCUT2D eigenvalue weighted by Crippen LogP contribution is -2.47. The van der Waals surface area contributed by atoms with E-state index in [0.29, 0.717) is 50.1 Å². The number of fused-ring (bicyclic) bond motifs is 4. The van der Waals surface area contributed by atoms with Gasteiger partial charge in [0.2, 0.25) is 5.95 Å². The van der Waals surface area contributed by atoms with Gasteiger partial charge < -0.3 is 30.2 Å². The van der Waals surface area contributed by atoms with Crippen LogP contribution in [0.3, 0.4) is 0 Å². The molecule has 238 valence electrons. The molecule has 1 saturated heterocycles. The molecule has 0 unspecified atom stereocenters. The SMILES string of the molecule is COc1cc2c(cc1Nc1ncc(Br)c(Nc3ccc4nccnc4c3P(C)(C)=O)n1)-c1cnn(C)c1CCN2[C@H]1CCCNC1. The second-order valence-electron chi connectivity index (χ2n) is 12.0. The van der Waals surface area contributed by atoms with Gasteiger partial charge in [-0.2, -0.15) is 10.1 Å². The molecule has 0 bridgehead atoms. The van der Waals surface area contributed by atoms with E-state index in [1.807, 2.05) is 30.1 Å². The fourth-order valence-electron chi connectivity index (χ4n) is 6.53. The number of nitrogens with zero attached hydrogens (tertiary/aromatic N) is 7. The summed E-state index contributed by atoms with van der Waals surface area (Å²) in [7, 11) is 0.929. The Morgan fingerprint density at radius 1 is 1.07 bits per heavy atom. The van der Waals surface area contributed by atoms with Crippen molar-refractivity contribution in [2.45, 2.75) is 25.3 Å².